The number of carbonyl (C=O) groups is 1. The van der Waals surface area contributed by atoms with Gasteiger partial charge in [-0.05, 0) is 94.1 Å². The highest BCUT2D eigenvalue weighted by molar-refractivity contribution is 5.75. The minimum absolute atomic E-state index is 0.0735. The molecule has 0 unspecified atom stereocenters. The highest BCUT2D eigenvalue weighted by Gasteiger charge is 2.51. The molecule has 0 aromatic heterocycles. The van der Waals surface area contributed by atoms with Gasteiger partial charge in [0.1, 0.15) is 5.75 Å². The van der Waals surface area contributed by atoms with E-state index in [0.717, 1.165) is 49.2 Å². The molecular formula is C23H32N2O2. The van der Waals surface area contributed by atoms with Crippen LogP contribution in [0.4, 0.5) is 4.79 Å². The first kappa shape index (κ1) is 17.4. The lowest BCUT2D eigenvalue weighted by molar-refractivity contribution is -0.0138. The van der Waals surface area contributed by atoms with E-state index in [0.29, 0.717) is 0 Å². The van der Waals surface area contributed by atoms with Gasteiger partial charge in [-0.1, -0.05) is 18.2 Å². The molecule has 0 heterocycles. The van der Waals surface area contributed by atoms with Crippen LogP contribution >= 0.6 is 0 Å². The molecule has 4 nitrogen and oxygen atoms in total. The Morgan fingerprint density at radius 2 is 1.48 bits per heavy atom. The molecule has 1 aromatic rings. The zero-order valence-corrected chi connectivity index (χ0v) is 16.2. The Morgan fingerprint density at radius 3 is 2.07 bits per heavy atom. The average molecular weight is 369 g/mol. The van der Waals surface area contributed by atoms with Crippen molar-refractivity contribution in [1.29, 1.82) is 0 Å². The lowest BCUT2D eigenvalue weighted by atomic mass is 9.53. The summed E-state index contributed by atoms with van der Waals surface area (Å²) in [5.41, 5.74) is 0.104. The molecule has 5 aliphatic carbocycles. The van der Waals surface area contributed by atoms with Crippen molar-refractivity contribution in [1.82, 2.24) is 10.6 Å². The van der Waals surface area contributed by atoms with Crippen molar-refractivity contribution in [3.8, 4) is 5.75 Å². The first-order valence-corrected chi connectivity index (χ1v) is 11.0. The number of urea groups is 1. The summed E-state index contributed by atoms with van der Waals surface area (Å²) in [5, 5.41) is 6.71. The van der Waals surface area contributed by atoms with Gasteiger partial charge in [0.05, 0.1) is 6.10 Å². The Morgan fingerprint density at radius 1 is 0.889 bits per heavy atom. The van der Waals surface area contributed by atoms with Crippen molar-refractivity contribution >= 4 is 6.03 Å². The fraction of sp³-hybridized carbons (Fsp3) is 0.696. The molecule has 4 bridgehead atoms. The van der Waals surface area contributed by atoms with Crippen LogP contribution in [0.25, 0.3) is 0 Å². The predicted octanol–water partition coefficient (Wildman–Crippen LogP) is 4.64. The van der Waals surface area contributed by atoms with E-state index >= 15 is 0 Å². The Balaban J connectivity index is 1.10. The van der Waals surface area contributed by atoms with Crippen molar-refractivity contribution in [3.63, 3.8) is 0 Å². The van der Waals surface area contributed by atoms with Crippen molar-refractivity contribution in [3.05, 3.63) is 30.3 Å². The number of hydrogen-bond donors (Lipinski definition) is 2. The molecule has 0 spiro atoms. The van der Waals surface area contributed by atoms with Gasteiger partial charge in [0.2, 0.25) is 0 Å². The van der Waals surface area contributed by atoms with Gasteiger partial charge in [-0.2, -0.15) is 0 Å². The van der Waals surface area contributed by atoms with Crippen molar-refractivity contribution in [2.24, 2.45) is 17.8 Å². The minimum Gasteiger partial charge on any atom is -0.490 e. The smallest absolute Gasteiger partial charge is 0.315 e. The number of nitrogens with one attached hydrogen (secondary N) is 2. The van der Waals surface area contributed by atoms with Crippen LogP contribution in [-0.2, 0) is 0 Å². The third-order valence-corrected chi connectivity index (χ3v) is 7.47. The van der Waals surface area contributed by atoms with Crippen LogP contribution in [0.1, 0.15) is 64.2 Å². The predicted molar refractivity (Wildman–Crippen MR) is 106 cm³/mol. The molecule has 0 radical (unpaired) electrons. The van der Waals surface area contributed by atoms with Crippen LogP contribution in [0.2, 0.25) is 0 Å². The summed E-state index contributed by atoms with van der Waals surface area (Å²) in [6.45, 7) is 0. The van der Waals surface area contributed by atoms with Crippen molar-refractivity contribution < 1.29 is 9.53 Å². The van der Waals surface area contributed by atoms with E-state index in [9.17, 15) is 4.79 Å². The SMILES string of the molecule is O=C(NC1CCC(Oc2ccccc2)CC1)NC12CC3CC(CC(C3)C1)C2. The van der Waals surface area contributed by atoms with E-state index in [-0.39, 0.29) is 23.7 Å². The second kappa shape index (κ2) is 7.03. The van der Waals surface area contributed by atoms with Gasteiger partial charge in [0.25, 0.3) is 0 Å². The standard InChI is InChI=1S/C23H32N2O2/c26-22(25-23-13-16-10-17(14-23)12-18(11-16)15-23)24-19-6-8-21(9-7-19)27-20-4-2-1-3-5-20/h1-5,16-19,21H,6-15H2,(H2,24,25,26). The van der Waals surface area contributed by atoms with Gasteiger partial charge in [-0.25, -0.2) is 4.79 Å². The largest absolute Gasteiger partial charge is 0.490 e. The molecule has 5 fully saturated rings. The summed E-state index contributed by atoms with van der Waals surface area (Å²) in [6.07, 6.45) is 12.2. The maximum Gasteiger partial charge on any atom is 0.315 e. The zero-order valence-electron chi connectivity index (χ0n) is 16.2. The van der Waals surface area contributed by atoms with Crippen LogP contribution in [0.15, 0.2) is 30.3 Å². The Labute approximate surface area is 162 Å². The zero-order chi connectivity index (χ0) is 18.3. The van der Waals surface area contributed by atoms with E-state index < -0.39 is 0 Å². The number of carbonyl (C=O) groups excluding carboxylic acids is 1. The van der Waals surface area contributed by atoms with Gasteiger partial charge in [0.15, 0.2) is 0 Å². The van der Waals surface area contributed by atoms with Crippen LogP contribution in [0.3, 0.4) is 0 Å². The van der Waals surface area contributed by atoms with E-state index in [1.165, 1.54) is 38.5 Å². The van der Waals surface area contributed by atoms with Crippen LogP contribution in [0.5, 0.6) is 5.75 Å². The fourth-order valence-corrected chi connectivity index (χ4v) is 6.74. The van der Waals surface area contributed by atoms with Gasteiger partial charge >= 0.3 is 6.03 Å². The Hall–Kier alpha value is -1.71. The summed E-state index contributed by atoms with van der Waals surface area (Å²) in [7, 11) is 0. The van der Waals surface area contributed by atoms with Crippen molar-refractivity contribution in [2.75, 3.05) is 0 Å². The highest BCUT2D eigenvalue weighted by Crippen LogP contribution is 2.55. The van der Waals surface area contributed by atoms with E-state index in [1.807, 2.05) is 30.3 Å². The average Bonchev–Trinajstić information content (AvgIpc) is 2.62. The molecule has 0 atom stereocenters. The summed E-state index contributed by atoms with van der Waals surface area (Å²) < 4.78 is 6.07. The third-order valence-electron chi connectivity index (χ3n) is 7.47. The minimum atomic E-state index is 0.0735. The van der Waals surface area contributed by atoms with Crippen LogP contribution in [-0.4, -0.2) is 23.7 Å². The molecule has 1 aromatic carbocycles. The van der Waals surface area contributed by atoms with E-state index in [1.54, 1.807) is 0 Å². The van der Waals surface area contributed by atoms with E-state index in [4.69, 9.17) is 4.74 Å². The molecule has 5 saturated carbocycles. The summed E-state index contributed by atoms with van der Waals surface area (Å²) in [5.74, 6) is 3.54. The lowest BCUT2D eigenvalue weighted by Gasteiger charge is -2.56. The second-order valence-corrected chi connectivity index (χ2v) is 9.70. The summed E-state index contributed by atoms with van der Waals surface area (Å²) >= 11 is 0. The number of benzene rings is 1. The first-order chi connectivity index (χ1) is 13.2. The topological polar surface area (TPSA) is 50.4 Å². The van der Waals surface area contributed by atoms with Gasteiger partial charge in [0, 0.05) is 11.6 Å². The van der Waals surface area contributed by atoms with Crippen molar-refractivity contribution in [2.45, 2.75) is 81.9 Å². The fourth-order valence-electron chi connectivity index (χ4n) is 6.74. The monoisotopic (exact) mass is 368 g/mol. The molecule has 2 N–H and O–H groups in total. The molecule has 0 saturated heterocycles. The molecule has 2 amide bonds. The molecule has 5 aliphatic rings. The summed E-state index contributed by atoms with van der Waals surface area (Å²) in [6, 6.07) is 10.4. The number of rotatable bonds is 4. The normalized spacial score (nSPS) is 39.8. The molecular weight excluding hydrogens is 336 g/mol. The van der Waals surface area contributed by atoms with Gasteiger partial charge in [-0.3, -0.25) is 0 Å². The Kier molecular flexibility index (Phi) is 4.53. The van der Waals surface area contributed by atoms with E-state index in [2.05, 4.69) is 10.6 Å². The highest BCUT2D eigenvalue weighted by atomic mass is 16.5. The molecule has 27 heavy (non-hydrogen) atoms. The molecule has 146 valence electrons. The number of para-hydroxylation sites is 1. The quantitative estimate of drug-likeness (QED) is 0.813. The van der Waals surface area contributed by atoms with Crippen LogP contribution in [0, 0.1) is 17.8 Å². The lowest BCUT2D eigenvalue weighted by Crippen LogP contribution is -2.62. The second-order valence-electron chi connectivity index (χ2n) is 9.70. The number of amides is 2. The Bertz CT molecular complexity index is 631. The number of ether oxygens (including phenoxy) is 1. The maximum absolute atomic E-state index is 12.7. The maximum atomic E-state index is 12.7. The first-order valence-electron chi connectivity index (χ1n) is 11.0. The van der Waals surface area contributed by atoms with Crippen LogP contribution < -0.4 is 15.4 Å². The van der Waals surface area contributed by atoms with Gasteiger partial charge in [-0.15, -0.1) is 0 Å². The number of hydrogen-bond acceptors (Lipinski definition) is 2. The third kappa shape index (κ3) is 3.81. The molecule has 0 aliphatic heterocycles. The summed E-state index contributed by atoms with van der Waals surface area (Å²) in [4.78, 5) is 12.7. The molecule has 4 heteroatoms. The van der Waals surface area contributed by atoms with Gasteiger partial charge < -0.3 is 15.4 Å². The molecule has 6 rings (SSSR count).